The van der Waals surface area contributed by atoms with E-state index in [2.05, 4.69) is 9.88 Å². The van der Waals surface area contributed by atoms with E-state index in [9.17, 15) is 4.79 Å². The molecule has 136 valence electrons. The molecule has 3 fully saturated rings. The Morgan fingerprint density at radius 1 is 1.19 bits per heavy atom. The highest BCUT2D eigenvalue weighted by atomic mass is 16.5. The molecule has 3 saturated heterocycles. The van der Waals surface area contributed by atoms with Crippen molar-refractivity contribution in [3.8, 4) is 0 Å². The summed E-state index contributed by atoms with van der Waals surface area (Å²) in [7, 11) is 0. The van der Waals surface area contributed by atoms with Crippen molar-refractivity contribution in [2.75, 3.05) is 39.3 Å². The van der Waals surface area contributed by atoms with Gasteiger partial charge in [0.05, 0.1) is 18.2 Å². The first kappa shape index (κ1) is 16.2. The summed E-state index contributed by atoms with van der Waals surface area (Å²) in [6.45, 7) is 5.99. The Hall–Kier alpha value is -1.98. The number of benzene rings is 1. The Labute approximate surface area is 153 Å². The van der Waals surface area contributed by atoms with Crippen LogP contribution in [-0.2, 0) is 4.74 Å². The van der Waals surface area contributed by atoms with Crippen molar-refractivity contribution in [1.29, 1.82) is 0 Å². The predicted octanol–water partition coefficient (Wildman–Crippen LogP) is 2.42. The van der Waals surface area contributed by atoms with E-state index in [0.29, 0.717) is 11.8 Å². The molecule has 0 unspecified atom stereocenters. The van der Waals surface area contributed by atoms with Crippen LogP contribution in [0.2, 0.25) is 0 Å². The van der Waals surface area contributed by atoms with E-state index >= 15 is 0 Å². The highest BCUT2D eigenvalue weighted by Crippen LogP contribution is 2.35. The minimum atomic E-state index is 0.119. The van der Waals surface area contributed by atoms with Crippen molar-refractivity contribution in [3.05, 3.63) is 42.1 Å². The van der Waals surface area contributed by atoms with Crippen LogP contribution in [0.1, 0.15) is 23.2 Å². The first-order valence-corrected chi connectivity index (χ1v) is 9.76. The molecule has 2 aromatic rings. The number of pyridine rings is 1. The minimum Gasteiger partial charge on any atom is -0.376 e. The van der Waals surface area contributed by atoms with Crippen molar-refractivity contribution in [3.63, 3.8) is 0 Å². The average Bonchev–Trinajstić information content (AvgIpc) is 3.40. The average molecular weight is 351 g/mol. The number of rotatable bonds is 3. The molecular weight excluding hydrogens is 326 g/mol. The van der Waals surface area contributed by atoms with Crippen LogP contribution >= 0.6 is 0 Å². The molecule has 3 aliphatic heterocycles. The molecule has 3 atom stereocenters. The summed E-state index contributed by atoms with van der Waals surface area (Å²) in [5.74, 6) is 1.17. The van der Waals surface area contributed by atoms with Crippen LogP contribution < -0.4 is 0 Å². The standard InChI is InChI=1S/C21H25N3O2/c25-21(16-5-6-19-15(10-16)4-3-7-22-19)24-12-18-17(14-26-20(18)13-24)11-23-8-1-2-9-23/h3-7,10,17-18,20H,1-2,8-9,11-14H2/t17-,18-,20-/m1/s1. The van der Waals surface area contributed by atoms with Crippen LogP contribution in [-0.4, -0.2) is 66.1 Å². The number of likely N-dealkylation sites (tertiary alicyclic amines) is 2. The fourth-order valence-corrected chi connectivity index (χ4v) is 4.84. The van der Waals surface area contributed by atoms with E-state index in [1.54, 1.807) is 6.20 Å². The Balaban J connectivity index is 1.29. The zero-order chi connectivity index (χ0) is 17.5. The highest BCUT2D eigenvalue weighted by Gasteiger charge is 2.45. The molecule has 0 spiro atoms. The fraction of sp³-hybridized carbons (Fsp3) is 0.524. The van der Waals surface area contributed by atoms with Crippen molar-refractivity contribution >= 4 is 16.8 Å². The topological polar surface area (TPSA) is 45.7 Å². The maximum Gasteiger partial charge on any atom is 0.253 e. The van der Waals surface area contributed by atoms with Crippen LogP contribution in [0.5, 0.6) is 0 Å². The normalized spacial score (nSPS) is 28.8. The molecule has 1 amide bonds. The number of hydrogen-bond acceptors (Lipinski definition) is 4. The van der Waals surface area contributed by atoms with Crippen molar-refractivity contribution in [2.24, 2.45) is 11.8 Å². The van der Waals surface area contributed by atoms with Gasteiger partial charge >= 0.3 is 0 Å². The first-order valence-electron chi connectivity index (χ1n) is 9.76. The second kappa shape index (κ2) is 6.63. The van der Waals surface area contributed by atoms with E-state index in [1.165, 1.54) is 25.9 Å². The monoisotopic (exact) mass is 351 g/mol. The van der Waals surface area contributed by atoms with E-state index in [-0.39, 0.29) is 12.0 Å². The summed E-state index contributed by atoms with van der Waals surface area (Å²) < 4.78 is 6.06. The number of hydrogen-bond donors (Lipinski definition) is 0. The summed E-state index contributed by atoms with van der Waals surface area (Å²) in [6, 6.07) is 9.71. The Morgan fingerprint density at radius 3 is 2.96 bits per heavy atom. The van der Waals surface area contributed by atoms with Crippen molar-refractivity contribution in [2.45, 2.75) is 18.9 Å². The van der Waals surface area contributed by atoms with E-state index < -0.39 is 0 Å². The van der Waals surface area contributed by atoms with Gasteiger partial charge in [-0.05, 0) is 50.2 Å². The molecule has 0 aliphatic carbocycles. The van der Waals surface area contributed by atoms with E-state index in [1.807, 2.05) is 35.2 Å². The van der Waals surface area contributed by atoms with Crippen LogP contribution in [0.25, 0.3) is 10.9 Å². The molecule has 0 bridgehead atoms. The zero-order valence-corrected chi connectivity index (χ0v) is 15.0. The molecule has 0 radical (unpaired) electrons. The number of aromatic nitrogens is 1. The number of ether oxygens (including phenoxy) is 1. The summed E-state index contributed by atoms with van der Waals surface area (Å²) in [6.07, 6.45) is 4.64. The van der Waals surface area contributed by atoms with Crippen molar-refractivity contribution in [1.82, 2.24) is 14.8 Å². The lowest BCUT2D eigenvalue weighted by molar-refractivity contribution is 0.0668. The van der Waals surface area contributed by atoms with Gasteiger partial charge in [-0.15, -0.1) is 0 Å². The summed E-state index contributed by atoms with van der Waals surface area (Å²) in [4.78, 5) is 21.9. The number of fused-ring (bicyclic) bond motifs is 2. The third-order valence-corrected chi connectivity index (χ3v) is 6.27. The molecule has 5 nitrogen and oxygen atoms in total. The predicted molar refractivity (Wildman–Crippen MR) is 100 cm³/mol. The molecule has 5 heteroatoms. The lowest BCUT2D eigenvalue weighted by atomic mass is 9.93. The smallest absolute Gasteiger partial charge is 0.253 e. The van der Waals surface area contributed by atoms with Gasteiger partial charge in [0.2, 0.25) is 0 Å². The summed E-state index contributed by atoms with van der Waals surface area (Å²) in [5.41, 5.74) is 1.68. The molecule has 0 N–H and O–H groups in total. The Bertz CT molecular complexity index is 818. The minimum absolute atomic E-state index is 0.119. The lowest BCUT2D eigenvalue weighted by Crippen LogP contribution is -2.34. The second-order valence-corrected chi connectivity index (χ2v) is 7.92. The van der Waals surface area contributed by atoms with Gasteiger partial charge in [-0.2, -0.15) is 0 Å². The Kier molecular flexibility index (Phi) is 4.14. The van der Waals surface area contributed by atoms with Crippen LogP contribution in [0.3, 0.4) is 0 Å². The van der Waals surface area contributed by atoms with Gasteiger partial charge in [-0.25, -0.2) is 0 Å². The van der Waals surface area contributed by atoms with Gasteiger partial charge < -0.3 is 14.5 Å². The fourth-order valence-electron chi connectivity index (χ4n) is 4.84. The van der Waals surface area contributed by atoms with Crippen molar-refractivity contribution < 1.29 is 9.53 Å². The SMILES string of the molecule is O=C(c1ccc2ncccc2c1)N1C[C@@H]2[C@H](CN3CCCC3)CO[C@@H]2C1. The molecule has 4 heterocycles. The molecule has 1 aromatic heterocycles. The maximum absolute atomic E-state index is 13.0. The molecule has 26 heavy (non-hydrogen) atoms. The maximum atomic E-state index is 13.0. The summed E-state index contributed by atoms with van der Waals surface area (Å²) in [5, 5.41) is 1.01. The van der Waals surface area contributed by atoms with E-state index in [4.69, 9.17) is 4.74 Å². The molecule has 5 rings (SSSR count). The number of amides is 1. The lowest BCUT2D eigenvalue weighted by Gasteiger charge is -2.24. The zero-order valence-electron chi connectivity index (χ0n) is 15.0. The second-order valence-electron chi connectivity index (χ2n) is 7.92. The van der Waals surface area contributed by atoms with Gasteiger partial charge in [0.25, 0.3) is 5.91 Å². The third-order valence-electron chi connectivity index (χ3n) is 6.27. The summed E-state index contributed by atoms with van der Waals surface area (Å²) >= 11 is 0. The molecular formula is C21H25N3O2. The quantitative estimate of drug-likeness (QED) is 0.852. The molecule has 1 aromatic carbocycles. The van der Waals surface area contributed by atoms with E-state index in [0.717, 1.165) is 42.7 Å². The van der Waals surface area contributed by atoms with Gasteiger partial charge in [0, 0.05) is 48.6 Å². The highest BCUT2D eigenvalue weighted by molar-refractivity contribution is 5.98. The van der Waals surface area contributed by atoms with Gasteiger partial charge in [-0.3, -0.25) is 9.78 Å². The van der Waals surface area contributed by atoms with Crippen LogP contribution in [0.15, 0.2) is 36.5 Å². The van der Waals surface area contributed by atoms with Gasteiger partial charge in [0.1, 0.15) is 0 Å². The number of nitrogens with zero attached hydrogens (tertiary/aromatic N) is 3. The van der Waals surface area contributed by atoms with Crippen LogP contribution in [0.4, 0.5) is 0 Å². The van der Waals surface area contributed by atoms with Crippen LogP contribution in [0, 0.1) is 11.8 Å². The Morgan fingerprint density at radius 2 is 2.08 bits per heavy atom. The first-order chi connectivity index (χ1) is 12.8. The molecule has 3 aliphatic rings. The number of carbonyl (C=O) groups excluding carboxylic acids is 1. The van der Waals surface area contributed by atoms with Gasteiger partial charge in [-0.1, -0.05) is 6.07 Å². The number of carbonyl (C=O) groups is 1. The largest absolute Gasteiger partial charge is 0.376 e. The van der Waals surface area contributed by atoms with Gasteiger partial charge in [0.15, 0.2) is 0 Å². The molecule has 0 saturated carbocycles. The third kappa shape index (κ3) is 2.89.